The zero-order valence-corrected chi connectivity index (χ0v) is 13.0. The van der Waals surface area contributed by atoms with E-state index in [9.17, 15) is 9.90 Å². The van der Waals surface area contributed by atoms with E-state index in [0.29, 0.717) is 6.42 Å². The SMILES string of the molecule is CCC(O)(NC(=O)NC1CCCCC1)c1ccc(C)cc1. The van der Waals surface area contributed by atoms with Gasteiger partial charge in [0.25, 0.3) is 0 Å². The van der Waals surface area contributed by atoms with Crippen LogP contribution in [0, 0.1) is 6.92 Å². The highest BCUT2D eigenvalue weighted by atomic mass is 16.3. The molecule has 0 heterocycles. The Labute approximate surface area is 126 Å². The molecule has 0 radical (unpaired) electrons. The quantitative estimate of drug-likeness (QED) is 0.746. The summed E-state index contributed by atoms with van der Waals surface area (Å²) in [6, 6.07) is 7.55. The lowest BCUT2D eigenvalue weighted by molar-refractivity contribution is 0.00787. The first-order valence-electron chi connectivity index (χ1n) is 7.91. The number of carbonyl (C=O) groups is 1. The fraction of sp³-hybridized carbons (Fsp3) is 0.588. The van der Waals surface area contributed by atoms with Crippen molar-refractivity contribution in [2.75, 3.05) is 0 Å². The van der Waals surface area contributed by atoms with Gasteiger partial charge in [0, 0.05) is 11.6 Å². The minimum absolute atomic E-state index is 0.234. The van der Waals surface area contributed by atoms with Gasteiger partial charge in [-0.05, 0) is 26.2 Å². The molecule has 1 atom stereocenters. The monoisotopic (exact) mass is 290 g/mol. The first-order valence-corrected chi connectivity index (χ1v) is 7.91. The summed E-state index contributed by atoms with van der Waals surface area (Å²) in [5.41, 5.74) is 0.533. The number of amides is 2. The molecule has 2 amide bonds. The molecule has 1 unspecified atom stereocenters. The molecule has 21 heavy (non-hydrogen) atoms. The third-order valence-electron chi connectivity index (χ3n) is 4.30. The van der Waals surface area contributed by atoms with Crippen LogP contribution in [-0.4, -0.2) is 17.2 Å². The summed E-state index contributed by atoms with van der Waals surface area (Å²) in [6.45, 7) is 3.86. The summed E-state index contributed by atoms with van der Waals surface area (Å²) in [6.07, 6.45) is 6.07. The van der Waals surface area contributed by atoms with Gasteiger partial charge in [0.1, 0.15) is 0 Å². The van der Waals surface area contributed by atoms with Crippen LogP contribution in [0.15, 0.2) is 24.3 Å². The molecule has 4 heteroatoms. The largest absolute Gasteiger partial charge is 0.367 e. The molecule has 1 aromatic carbocycles. The van der Waals surface area contributed by atoms with Gasteiger partial charge in [-0.2, -0.15) is 0 Å². The third-order valence-corrected chi connectivity index (χ3v) is 4.30. The first-order chi connectivity index (χ1) is 10.0. The van der Waals surface area contributed by atoms with Gasteiger partial charge < -0.3 is 15.7 Å². The fourth-order valence-corrected chi connectivity index (χ4v) is 2.85. The van der Waals surface area contributed by atoms with E-state index in [4.69, 9.17) is 0 Å². The Bertz CT molecular complexity index is 466. The van der Waals surface area contributed by atoms with Crippen molar-refractivity contribution in [3.05, 3.63) is 35.4 Å². The maximum atomic E-state index is 12.1. The molecule has 0 bridgehead atoms. The molecule has 1 aromatic rings. The highest BCUT2D eigenvalue weighted by Crippen LogP contribution is 2.23. The summed E-state index contributed by atoms with van der Waals surface area (Å²) >= 11 is 0. The van der Waals surface area contributed by atoms with Crippen LogP contribution in [0.1, 0.15) is 56.6 Å². The molecule has 3 N–H and O–H groups in total. The van der Waals surface area contributed by atoms with Crippen LogP contribution in [-0.2, 0) is 5.72 Å². The molecule has 1 saturated carbocycles. The summed E-state index contributed by atoms with van der Waals surface area (Å²) in [5.74, 6) is 0. The number of aryl methyl sites for hydroxylation is 1. The van der Waals surface area contributed by atoms with E-state index in [1.165, 1.54) is 19.3 Å². The van der Waals surface area contributed by atoms with Gasteiger partial charge in [-0.25, -0.2) is 4.79 Å². The topological polar surface area (TPSA) is 61.4 Å². The summed E-state index contributed by atoms with van der Waals surface area (Å²) < 4.78 is 0. The second kappa shape index (κ2) is 6.94. The van der Waals surface area contributed by atoms with Crippen LogP contribution in [0.2, 0.25) is 0 Å². The van der Waals surface area contributed by atoms with Gasteiger partial charge in [-0.15, -0.1) is 0 Å². The predicted octanol–water partition coefficient (Wildman–Crippen LogP) is 3.18. The molecular weight excluding hydrogens is 264 g/mol. The Morgan fingerprint density at radius 2 is 1.86 bits per heavy atom. The minimum atomic E-state index is -1.31. The lowest BCUT2D eigenvalue weighted by atomic mass is 9.95. The van der Waals surface area contributed by atoms with Crippen LogP contribution in [0.4, 0.5) is 4.79 Å². The minimum Gasteiger partial charge on any atom is -0.367 e. The second-order valence-corrected chi connectivity index (χ2v) is 6.01. The highest BCUT2D eigenvalue weighted by Gasteiger charge is 2.29. The van der Waals surface area contributed by atoms with E-state index in [-0.39, 0.29) is 12.1 Å². The van der Waals surface area contributed by atoms with Crippen molar-refractivity contribution >= 4 is 6.03 Å². The van der Waals surface area contributed by atoms with Crippen molar-refractivity contribution in [3.8, 4) is 0 Å². The number of carbonyl (C=O) groups excluding carboxylic acids is 1. The lowest BCUT2D eigenvalue weighted by Gasteiger charge is -2.30. The van der Waals surface area contributed by atoms with Gasteiger partial charge in [0.2, 0.25) is 0 Å². The Balaban J connectivity index is 1.99. The summed E-state index contributed by atoms with van der Waals surface area (Å²) in [7, 11) is 0. The van der Waals surface area contributed by atoms with Crippen molar-refractivity contribution in [1.82, 2.24) is 10.6 Å². The van der Waals surface area contributed by atoms with E-state index in [1.807, 2.05) is 38.1 Å². The molecule has 0 aliphatic heterocycles. The molecule has 2 rings (SSSR count). The average Bonchev–Trinajstić information content (AvgIpc) is 2.48. The second-order valence-electron chi connectivity index (χ2n) is 6.01. The predicted molar refractivity (Wildman–Crippen MR) is 83.9 cm³/mol. The number of aliphatic hydroxyl groups is 1. The summed E-state index contributed by atoms with van der Waals surface area (Å²) in [4.78, 5) is 12.1. The number of hydrogen-bond donors (Lipinski definition) is 3. The molecule has 4 nitrogen and oxygen atoms in total. The standard InChI is InChI=1S/C17H26N2O2/c1-3-17(21,14-11-9-13(2)10-12-14)19-16(20)18-15-7-5-4-6-8-15/h9-12,15,21H,3-8H2,1-2H3,(H2,18,19,20). The van der Waals surface area contributed by atoms with Gasteiger partial charge in [-0.3, -0.25) is 0 Å². The Kier molecular flexibility index (Phi) is 5.23. The first kappa shape index (κ1) is 15.8. The molecule has 116 valence electrons. The van der Waals surface area contributed by atoms with Crippen molar-refractivity contribution in [1.29, 1.82) is 0 Å². The maximum absolute atomic E-state index is 12.1. The molecule has 0 spiro atoms. The normalized spacial score (nSPS) is 18.8. The smallest absolute Gasteiger partial charge is 0.317 e. The van der Waals surface area contributed by atoms with Crippen LogP contribution >= 0.6 is 0 Å². The average molecular weight is 290 g/mol. The number of hydrogen-bond acceptors (Lipinski definition) is 2. The van der Waals surface area contributed by atoms with Gasteiger partial charge in [0.05, 0.1) is 0 Å². The van der Waals surface area contributed by atoms with E-state index in [0.717, 1.165) is 24.0 Å². The van der Waals surface area contributed by atoms with Crippen molar-refractivity contribution in [2.45, 2.75) is 64.1 Å². The van der Waals surface area contributed by atoms with Crippen molar-refractivity contribution in [2.24, 2.45) is 0 Å². The van der Waals surface area contributed by atoms with Crippen LogP contribution in [0.5, 0.6) is 0 Å². The van der Waals surface area contributed by atoms with Gasteiger partial charge >= 0.3 is 6.03 Å². The number of benzene rings is 1. The number of urea groups is 1. The van der Waals surface area contributed by atoms with E-state index < -0.39 is 5.72 Å². The van der Waals surface area contributed by atoms with Gasteiger partial charge in [0.15, 0.2) is 5.72 Å². The van der Waals surface area contributed by atoms with Crippen molar-refractivity contribution < 1.29 is 9.90 Å². The lowest BCUT2D eigenvalue weighted by Crippen LogP contribution is -2.52. The maximum Gasteiger partial charge on any atom is 0.317 e. The molecule has 0 saturated heterocycles. The van der Waals surface area contributed by atoms with Crippen LogP contribution in [0.3, 0.4) is 0 Å². The highest BCUT2D eigenvalue weighted by molar-refractivity contribution is 5.75. The Morgan fingerprint density at radius 1 is 1.24 bits per heavy atom. The van der Waals surface area contributed by atoms with E-state index in [1.54, 1.807) is 0 Å². The van der Waals surface area contributed by atoms with Crippen LogP contribution in [0.25, 0.3) is 0 Å². The molecule has 1 fully saturated rings. The molecule has 0 aromatic heterocycles. The molecular formula is C17H26N2O2. The molecule has 1 aliphatic rings. The third kappa shape index (κ3) is 4.21. The van der Waals surface area contributed by atoms with Gasteiger partial charge in [-0.1, -0.05) is 56.0 Å². The number of nitrogens with one attached hydrogen (secondary N) is 2. The van der Waals surface area contributed by atoms with E-state index in [2.05, 4.69) is 10.6 Å². The summed E-state index contributed by atoms with van der Waals surface area (Å²) in [5, 5.41) is 16.4. The Hall–Kier alpha value is -1.55. The zero-order chi connectivity index (χ0) is 15.3. The van der Waals surface area contributed by atoms with E-state index >= 15 is 0 Å². The number of rotatable bonds is 4. The zero-order valence-electron chi connectivity index (χ0n) is 13.0. The molecule has 1 aliphatic carbocycles. The van der Waals surface area contributed by atoms with Crippen molar-refractivity contribution in [3.63, 3.8) is 0 Å². The van der Waals surface area contributed by atoms with Crippen LogP contribution < -0.4 is 10.6 Å². The fourth-order valence-electron chi connectivity index (χ4n) is 2.85. The Morgan fingerprint density at radius 3 is 2.43 bits per heavy atom.